The SMILES string of the molecule is Cc1cn(-c2ccnc3[nH]c(-c4n[nH]c5cnc(-c6cncc(OCCN(C)C)c6)cc45)nc23)cn1. The van der Waals surface area contributed by atoms with Crippen molar-refractivity contribution in [2.24, 2.45) is 0 Å². The summed E-state index contributed by atoms with van der Waals surface area (Å²) in [5.41, 5.74) is 6.34. The van der Waals surface area contributed by atoms with Crippen molar-refractivity contribution in [3.63, 3.8) is 0 Å². The summed E-state index contributed by atoms with van der Waals surface area (Å²) in [6, 6.07) is 5.84. The van der Waals surface area contributed by atoms with Gasteiger partial charge in [-0.1, -0.05) is 0 Å². The van der Waals surface area contributed by atoms with Gasteiger partial charge in [0.25, 0.3) is 0 Å². The summed E-state index contributed by atoms with van der Waals surface area (Å²) in [6.07, 6.45) is 10.7. The van der Waals surface area contributed by atoms with E-state index in [1.165, 1.54) is 0 Å². The number of fused-ring (bicyclic) bond motifs is 2. The Labute approximate surface area is 206 Å². The van der Waals surface area contributed by atoms with Gasteiger partial charge in [0.15, 0.2) is 11.5 Å². The molecule has 0 spiro atoms. The van der Waals surface area contributed by atoms with Gasteiger partial charge in [-0.15, -0.1) is 0 Å². The van der Waals surface area contributed by atoms with Gasteiger partial charge in [0.05, 0.1) is 41.3 Å². The number of hydrogen-bond acceptors (Lipinski definition) is 8. The van der Waals surface area contributed by atoms with Crippen LogP contribution in [0.2, 0.25) is 0 Å². The first-order chi connectivity index (χ1) is 17.5. The van der Waals surface area contributed by atoms with Crippen LogP contribution in [0.4, 0.5) is 0 Å². The summed E-state index contributed by atoms with van der Waals surface area (Å²) in [6.45, 7) is 3.35. The van der Waals surface area contributed by atoms with E-state index in [0.717, 1.165) is 45.6 Å². The molecule has 0 aliphatic rings. The fraction of sp³-hybridized carbons (Fsp3) is 0.200. The molecule has 2 N–H and O–H groups in total. The Hall–Kier alpha value is -4.64. The van der Waals surface area contributed by atoms with Crippen molar-refractivity contribution in [1.29, 1.82) is 0 Å². The second-order valence-electron chi connectivity index (χ2n) is 8.78. The van der Waals surface area contributed by atoms with E-state index < -0.39 is 0 Å². The van der Waals surface area contributed by atoms with Crippen LogP contribution >= 0.6 is 0 Å². The number of ether oxygens (including phenoxy) is 1. The van der Waals surface area contributed by atoms with Gasteiger partial charge >= 0.3 is 0 Å². The highest BCUT2D eigenvalue weighted by atomic mass is 16.5. The Morgan fingerprint density at radius 3 is 2.83 bits per heavy atom. The maximum Gasteiger partial charge on any atom is 0.161 e. The number of rotatable bonds is 7. The average Bonchev–Trinajstić information content (AvgIpc) is 3.61. The summed E-state index contributed by atoms with van der Waals surface area (Å²) >= 11 is 0. The zero-order chi connectivity index (χ0) is 24.6. The summed E-state index contributed by atoms with van der Waals surface area (Å²) in [7, 11) is 4.02. The lowest BCUT2D eigenvalue weighted by Crippen LogP contribution is -2.19. The number of aryl methyl sites for hydroxylation is 1. The van der Waals surface area contributed by atoms with E-state index in [0.29, 0.717) is 29.5 Å². The first-order valence-corrected chi connectivity index (χ1v) is 11.5. The molecule has 0 aromatic carbocycles. The predicted molar refractivity (Wildman–Crippen MR) is 136 cm³/mol. The molecule has 11 nitrogen and oxygen atoms in total. The van der Waals surface area contributed by atoms with Gasteiger partial charge < -0.3 is 19.2 Å². The van der Waals surface area contributed by atoms with Crippen molar-refractivity contribution in [2.45, 2.75) is 6.92 Å². The Bertz CT molecular complexity index is 1680. The maximum absolute atomic E-state index is 5.85. The van der Waals surface area contributed by atoms with Crippen molar-refractivity contribution in [3.05, 3.63) is 61.2 Å². The highest BCUT2D eigenvalue weighted by molar-refractivity contribution is 5.95. The van der Waals surface area contributed by atoms with Crippen LogP contribution in [-0.4, -0.2) is 76.8 Å². The molecular formula is C25H24N10O. The monoisotopic (exact) mass is 480 g/mol. The van der Waals surface area contributed by atoms with Crippen molar-refractivity contribution in [3.8, 4) is 34.2 Å². The minimum Gasteiger partial charge on any atom is -0.491 e. The van der Waals surface area contributed by atoms with Gasteiger partial charge in [0.1, 0.15) is 23.6 Å². The third-order valence-electron chi connectivity index (χ3n) is 5.84. The molecular weight excluding hydrogens is 456 g/mol. The summed E-state index contributed by atoms with van der Waals surface area (Å²) < 4.78 is 7.79. The Balaban J connectivity index is 1.37. The van der Waals surface area contributed by atoms with Gasteiger partial charge in [-0.05, 0) is 39.2 Å². The number of pyridine rings is 3. The number of nitrogens with one attached hydrogen (secondary N) is 2. The summed E-state index contributed by atoms with van der Waals surface area (Å²) in [4.78, 5) is 28.0. The van der Waals surface area contributed by atoms with Crippen LogP contribution in [0.3, 0.4) is 0 Å². The first-order valence-electron chi connectivity index (χ1n) is 11.5. The molecule has 6 rings (SSSR count). The largest absolute Gasteiger partial charge is 0.491 e. The summed E-state index contributed by atoms with van der Waals surface area (Å²) in [5, 5.41) is 8.47. The fourth-order valence-corrected chi connectivity index (χ4v) is 4.01. The standard InChI is InChI=1S/C25H24N10O/c1-15-13-35(14-29-15)21-4-5-27-24-23(21)30-25(31-24)22-18-9-19(28-12-20(18)32-33-22)16-8-17(11-26-10-16)36-7-6-34(2)3/h4-5,8-14H,6-7H2,1-3H3,(H,32,33)(H,27,30,31). The molecule has 6 aromatic rings. The number of imidazole rings is 2. The smallest absolute Gasteiger partial charge is 0.161 e. The Kier molecular flexibility index (Phi) is 5.38. The number of aromatic amines is 2. The maximum atomic E-state index is 5.85. The van der Waals surface area contributed by atoms with Gasteiger partial charge in [0.2, 0.25) is 0 Å². The van der Waals surface area contributed by atoms with Crippen LogP contribution in [0.15, 0.2) is 55.5 Å². The van der Waals surface area contributed by atoms with Crippen LogP contribution in [0.5, 0.6) is 5.75 Å². The minimum atomic E-state index is 0.581. The Morgan fingerprint density at radius 1 is 1.08 bits per heavy atom. The van der Waals surface area contributed by atoms with Crippen molar-refractivity contribution >= 4 is 22.1 Å². The van der Waals surface area contributed by atoms with E-state index in [1.807, 2.05) is 50.0 Å². The second kappa shape index (κ2) is 8.86. The molecule has 0 radical (unpaired) electrons. The molecule has 0 saturated heterocycles. The average molecular weight is 481 g/mol. The fourth-order valence-electron chi connectivity index (χ4n) is 4.01. The molecule has 6 heterocycles. The number of nitrogens with zero attached hydrogens (tertiary/aromatic N) is 8. The van der Waals surface area contributed by atoms with E-state index in [-0.39, 0.29) is 0 Å². The summed E-state index contributed by atoms with van der Waals surface area (Å²) in [5.74, 6) is 1.32. The zero-order valence-electron chi connectivity index (χ0n) is 20.1. The van der Waals surface area contributed by atoms with Crippen LogP contribution in [0.25, 0.3) is 50.5 Å². The normalized spacial score (nSPS) is 11.7. The Morgan fingerprint density at radius 2 is 2.00 bits per heavy atom. The molecule has 0 unspecified atom stereocenters. The lowest BCUT2D eigenvalue weighted by Gasteiger charge is -2.11. The van der Waals surface area contributed by atoms with E-state index in [4.69, 9.17) is 9.72 Å². The molecule has 0 aliphatic heterocycles. The molecule has 0 atom stereocenters. The highest BCUT2D eigenvalue weighted by Crippen LogP contribution is 2.30. The first kappa shape index (κ1) is 21.9. The number of aromatic nitrogens is 9. The van der Waals surface area contributed by atoms with E-state index >= 15 is 0 Å². The zero-order valence-corrected chi connectivity index (χ0v) is 20.1. The van der Waals surface area contributed by atoms with E-state index in [2.05, 4.69) is 40.0 Å². The topological polar surface area (TPSA) is 126 Å². The molecule has 6 aromatic heterocycles. The van der Waals surface area contributed by atoms with Gasteiger partial charge in [-0.25, -0.2) is 15.0 Å². The molecule has 180 valence electrons. The second-order valence-corrected chi connectivity index (χ2v) is 8.78. The number of H-pyrrole nitrogens is 2. The lowest BCUT2D eigenvalue weighted by atomic mass is 10.1. The van der Waals surface area contributed by atoms with Crippen molar-refractivity contribution in [1.82, 2.24) is 49.6 Å². The third-order valence-corrected chi connectivity index (χ3v) is 5.84. The van der Waals surface area contributed by atoms with Gasteiger partial charge in [0, 0.05) is 36.1 Å². The third kappa shape index (κ3) is 4.05. The van der Waals surface area contributed by atoms with Crippen LogP contribution in [0, 0.1) is 6.92 Å². The molecule has 11 heteroatoms. The number of hydrogen-bond donors (Lipinski definition) is 2. The van der Waals surface area contributed by atoms with E-state index in [1.54, 1.807) is 31.1 Å². The van der Waals surface area contributed by atoms with Crippen LogP contribution in [-0.2, 0) is 0 Å². The predicted octanol–water partition coefficient (Wildman–Crippen LogP) is 3.39. The quantitative estimate of drug-likeness (QED) is 0.356. The van der Waals surface area contributed by atoms with Crippen LogP contribution < -0.4 is 4.74 Å². The number of likely N-dealkylation sites (N-methyl/N-ethyl adjacent to an activating group) is 1. The molecule has 36 heavy (non-hydrogen) atoms. The van der Waals surface area contributed by atoms with Gasteiger partial charge in [-0.3, -0.25) is 15.1 Å². The van der Waals surface area contributed by atoms with Crippen LogP contribution in [0.1, 0.15) is 5.69 Å². The van der Waals surface area contributed by atoms with Crippen molar-refractivity contribution in [2.75, 3.05) is 27.2 Å². The highest BCUT2D eigenvalue weighted by Gasteiger charge is 2.17. The van der Waals surface area contributed by atoms with Crippen molar-refractivity contribution < 1.29 is 4.74 Å². The molecule has 0 fully saturated rings. The molecule has 0 saturated carbocycles. The molecule has 0 amide bonds. The van der Waals surface area contributed by atoms with E-state index in [9.17, 15) is 0 Å². The van der Waals surface area contributed by atoms with Gasteiger partial charge in [-0.2, -0.15) is 5.10 Å². The molecule has 0 bridgehead atoms. The minimum absolute atomic E-state index is 0.581. The molecule has 0 aliphatic carbocycles. The lowest BCUT2D eigenvalue weighted by molar-refractivity contribution is 0.261.